The molecule has 1 aromatic carbocycles. The highest BCUT2D eigenvalue weighted by atomic mass is 16.5. The SMILES string of the molecule is [N-]=[N+]=NCC(O)c1cccc2c1OCC(=O)N2. The highest BCUT2D eigenvalue weighted by molar-refractivity contribution is 5.95. The van der Waals surface area contributed by atoms with E-state index in [1.807, 2.05) is 0 Å². The van der Waals surface area contributed by atoms with Gasteiger partial charge in [-0.1, -0.05) is 17.2 Å². The van der Waals surface area contributed by atoms with E-state index in [4.69, 9.17) is 10.3 Å². The first-order valence-electron chi connectivity index (χ1n) is 4.97. The molecule has 0 aliphatic carbocycles. The van der Waals surface area contributed by atoms with Gasteiger partial charge < -0.3 is 15.2 Å². The van der Waals surface area contributed by atoms with E-state index < -0.39 is 6.10 Å². The van der Waals surface area contributed by atoms with Crippen LogP contribution in [0.3, 0.4) is 0 Å². The number of azide groups is 1. The molecule has 88 valence electrons. The number of amides is 1. The van der Waals surface area contributed by atoms with E-state index in [0.717, 1.165) is 0 Å². The maximum atomic E-state index is 11.1. The van der Waals surface area contributed by atoms with Crippen LogP contribution in [0.2, 0.25) is 0 Å². The fourth-order valence-electron chi connectivity index (χ4n) is 1.61. The van der Waals surface area contributed by atoms with Gasteiger partial charge in [-0.2, -0.15) is 0 Å². The number of anilines is 1. The lowest BCUT2D eigenvalue weighted by molar-refractivity contribution is -0.118. The van der Waals surface area contributed by atoms with Crippen molar-refractivity contribution in [2.75, 3.05) is 18.5 Å². The van der Waals surface area contributed by atoms with Crippen LogP contribution in [0.25, 0.3) is 10.4 Å². The lowest BCUT2D eigenvalue weighted by Gasteiger charge is -2.22. The number of hydrogen-bond acceptors (Lipinski definition) is 4. The van der Waals surface area contributed by atoms with Crippen LogP contribution in [0, 0.1) is 0 Å². The summed E-state index contributed by atoms with van der Waals surface area (Å²) in [6.45, 7) is -0.164. The van der Waals surface area contributed by atoms with Crippen LogP contribution in [0.4, 0.5) is 5.69 Å². The second kappa shape index (κ2) is 4.73. The van der Waals surface area contributed by atoms with Crippen LogP contribution in [-0.2, 0) is 4.79 Å². The molecule has 1 aliphatic heterocycles. The number of nitrogens with zero attached hydrogens (tertiary/aromatic N) is 3. The fraction of sp³-hybridized carbons (Fsp3) is 0.300. The summed E-state index contributed by atoms with van der Waals surface area (Å²) in [4.78, 5) is 13.7. The summed E-state index contributed by atoms with van der Waals surface area (Å²) in [7, 11) is 0. The number of benzene rings is 1. The molecule has 2 N–H and O–H groups in total. The van der Waals surface area contributed by atoms with Crippen molar-refractivity contribution in [3.63, 3.8) is 0 Å². The van der Waals surface area contributed by atoms with Crippen molar-refractivity contribution in [2.24, 2.45) is 5.11 Å². The number of carbonyl (C=O) groups excluding carboxylic acids is 1. The number of para-hydroxylation sites is 1. The second-order valence-electron chi connectivity index (χ2n) is 3.49. The molecule has 1 heterocycles. The van der Waals surface area contributed by atoms with Crippen molar-refractivity contribution in [2.45, 2.75) is 6.10 Å². The number of ether oxygens (including phenoxy) is 1. The summed E-state index contributed by atoms with van der Waals surface area (Å²) in [5, 5.41) is 15.7. The molecule has 1 unspecified atom stereocenters. The zero-order valence-corrected chi connectivity index (χ0v) is 8.83. The van der Waals surface area contributed by atoms with E-state index in [2.05, 4.69) is 15.3 Å². The largest absolute Gasteiger partial charge is 0.481 e. The second-order valence-corrected chi connectivity index (χ2v) is 3.49. The zero-order valence-electron chi connectivity index (χ0n) is 8.83. The minimum atomic E-state index is -0.948. The summed E-state index contributed by atoms with van der Waals surface area (Å²) < 4.78 is 5.26. The van der Waals surface area contributed by atoms with Crippen molar-refractivity contribution in [3.05, 3.63) is 34.2 Å². The Morgan fingerprint density at radius 3 is 3.24 bits per heavy atom. The minimum absolute atomic E-state index is 0.0791. The maximum absolute atomic E-state index is 11.1. The quantitative estimate of drug-likeness (QED) is 0.468. The van der Waals surface area contributed by atoms with E-state index in [1.165, 1.54) is 0 Å². The highest BCUT2D eigenvalue weighted by Gasteiger charge is 2.21. The third kappa shape index (κ3) is 2.30. The summed E-state index contributed by atoms with van der Waals surface area (Å²) in [6, 6.07) is 5.02. The Morgan fingerprint density at radius 2 is 2.47 bits per heavy atom. The van der Waals surface area contributed by atoms with Crippen molar-refractivity contribution in [1.29, 1.82) is 0 Å². The summed E-state index contributed by atoms with van der Waals surface area (Å²) in [6.07, 6.45) is -0.948. The first kappa shape index (κ1) is 11.3. The number of carbonyl (C=O) groups is 1. The van der Waals surface area contributed by atoms with Gasteiger partial charge in [0.2, 0.25) is 0 Å². The van der Waals surface area contributed by atoms with Crippen molar-refractivity contribution in [1.82, 2.24) is 0 Å². The fourth-order valence-corrected chi connectivity index (χ4v) is 1.61. The smallest absolute Gasteiger partial charge is 0.262 e. The van der Waals surface area contributed by atoms with E-state index in [-0.39, 0.29) is 19.1 Å². The normalized spacial score (nSPS) is 15.0. The van der Waals surface area contributed by atoms with Crippen molar-refractivity contribution in [3.8, 4) is 5.75 Å². The Bertz CT molecular complexity index is 496. The van der Waals surface area contributed by atoms with E-state index in [0.29, 0.717) is 17.0 Å². The minimum Gasteiger partial charge on any atom is -0.481 e. The Kier molecular flexibility index (Phi) is 3.13. The van der Waals surface area contributed by atoms with Crippen LogP contribution >= 0.6 is 0 Å². The highest BCUT2D eigenvalue weighted by Crippen LogP contribution is 2.35. The molecule has 0 bridgehead atoms. The van der Waals surface area contributed by atoms with Crippen LogP contribution in [0.1, 0.15) is 11.7 Å². The van der Waals surface area contributed by atoms with Crippen LogP contribution in [-0.4, -0.2) is 24.2 Å². The monoisotopic (exact) mass is 234 g/mol. The molecule has 1 aromatic rings. The number of fused-ring (bicyclic) bond motifs is 1. The molecule has 0 saturated heterocycles. The molecule has 0 radical (unpaired) electrons. The van der Waals surface area contributed by atoms with Gasteiger partial charge in [-0.3, -0.25) is 4.79 Å². The molecule has 0 fully saturated rings. The van der Waals surface area contributed by atoms with E-state index in [1.54, 1.807) is 18.2 Å². The summed E-state index contributed by atoms with van der Waals surface area (Å²) in [5.41, 5.74) is 9.20. The standard InChI is InChI=1S/C10H10N4O3/c11-14-12-4-8(15)6-2-1-3-7-10(6)17-5-9(16)13-7/h1-3,8,15H,4-5H2,(H,13,16). The molecule has 1 amide bonds. The van der Waals surface area contributed by atoms with Crippen molar-refractivity contribution < 1.29 is 14.6 Å². The Labute approximate surface area is 96.6 Å². The molecule has 0 spiro atoms. The average molecular weight is 234 g/mol. The molecule has 7 heteroatoms. The molecule has 1 atom stereocenters. The van der Waals surface area contributed by atoms with E-state index >= 15 is 0 Å². The molecule has 17 heavy (non-hydrogen) atoms. The number of aliphatic hydroxyl groups is 1. The molecule has 2 rings (SSSR count). The Morgan fingerprint density at radius 1 is 1.65 bits per heavy atom. The van der Waals surface area contributed by atoms with Gasteiger partial charge in [0, 0.05) is 10.5 Å². The number of aliphatic hydroxyl groups excluding tert-OH is 1. The van der Waals surface area contributed by atoms with Gasteiger partial charge in [0.1, 0.15) is 5.75 Å². The van der Waals surface area contributed by atoms with Crippen molar-refractivity contribution >= 4 is 11.6 Å². The Hall–Kier alpha value is -2.24. The molecule has 0 saturated carbocycles. The number of rotatable bonds is 3. The molecule has 7 nitrogen and oxygen atoms in total. The van der Waals surface area contributed by atoms with Crippen LogP contribution in [0.5, 0.6) is 5.75 Å². The molecular weight excluding hydrogens is 224 g/mol. The predicted molar refractivity (Wildman–Crippen MR) is 59.5 cm³/mol. The van der Waals surface area contributed by atoms with E-state index in [9.17, 15) is 9.90 Å². The first-order valence-corrected chi connectivity index (χ1v) is 4.97. The predicted octanol–water partition coefficient (Wildman–Crippen LogP) is 1.36. The van der Waals surface area contributed by atoms with Gasteiger partial charge >= 0.3 is 0 Å². The van der Waals surface area contributed by atoms with Gasteiger partial charge in [-0.15, -0.1) is 0 Å². The third-order valence-electron chi connectivity index (χ3n) is 2.34. The number of hydrogen-bond donors (Lipinski definition) is 2. The lowest BCUT2D eigenvalue weighted by atomic mass is 10.1. The van der Waals surface area contributed by atoms with Gasteiger partial charge in [0.25, 0.3) is 5.91 Å². The molecule has 0 aromatic heterocycles. The van der Waals surface area contributed by atoms with Gasteiger partial charge in [0.15, 0.2) is 6.61 Å². The average Bonchev–Trinajstić information content (AvgIpc) is 2.34. The first-order chi connectivity index (χ1) is 8.22. The lowest BCUT2D eigenvalue weighted by Crippen LogP contribution is -2.26. The van der Waals surface area contributed by atoms with Gasteiger partial charge in [-0.05, 0) is 11.6 Å². The third-order valence-corrected chi connectivity index (χ3v) is 2.34. The summed E-state index contributed by atoms with van der Waals surface area (Å²) in [5.74, 6) is 0.187. The Balaban J connectivity index is 2.32. The summed E-state index contributed by atoms with van der Waals surface area (Å²) >= 11 is 0. The zero-order chi connectivity index (χ0) is 12.3. The van der Waals surface area contributed by atoms with Gasteiger partial charge in [0.05, 0.1) is 18.3 Å². The number of nitrogens with one attached hydrogen (secondary N) is 1. The molecule has 1 aliphatic rings. The maximum Gasteiger partial charge on any atom is 0.262 e. The van der Waals surface area contributed by atoms with Crippen LogP contribution < -0.4 is 10.1 Å². The molecular formula is C10H10N4O3. The van der Waals surface area contributed by atoms with Crippen LogP contribution in [0.15, 0.2) is 23.3 Å². The topological polar surface area (TPSA) is 107 Å². The van der Waals surface area contributed by atoms with Gasteiger partial charge in [-0.25, -0.2) is 0 Å².